The van der Waals surface area contributed by atoms with E-state index in [0.717, 1.165) is 0 Å². The lowest BCUT2D eigenvalue weighted by Gasteiger charge is -1.89. The lowest BCUT2D eigenvalue weighted by atomic mass is 10.3. The number of phenolic OH excluding ortho intramolecular Hbond substituents is 2. The van der Waals surface area contributed by atoms with Crippen molar-refractivity contribution in [3.63, 3.8) is 0 Å². The highest BCUT2D eigenvalue weighted by Gasteiger charge is 1.85. The number of aromatic hydroxyl groups is 2. The predicted octanol–water partition coefficient (Wildman–Crippen LogP) is 1.68. The van der Waals surface area contributed by atoms with Gasteiger partial charge in [0.1, 0.15) is 11.5 Å². The summed E-state index contributed by atoms with van der Waals surface area (Å²) >= 11 is 0. The number of hydrogen-bond donors (Lipinski definition) is 3. The van der Waals surface area contributed by atoms with Crippen LogP contribution in [-0.4, -0.2) is 10.2 Å². The van der Waals surface area contributed by atoms with E-state index in [-0.39, 0.29) is 30.1 Å². The molecule has 0 aromatic heterocycles. The highest BCUT2D eigenvalue weighted by atomic mass is 35.5. The van der Waals surface area contributed by atoms with E-state index in [1.54, 1.807) is 6.07 Å². The van der Waals surface area contributed by atoms with Gasteiger partial charge in [-0.3, -0.25) is 0 Å². The van der Waals surface area contributed by atoms with Gasteiger partial charge in [0, 0.05) is 6.07 Å². The van der Waals surface area contributed by atoms with Crippen LogP contribution in [0.1, 0.15) is 0 Å². The molecule has 0 bridgehead atoms. The standard InChI is InChI=1S/C6H6O2.ClH.H3N/c7-5-2-1-3-6(8)4-5;;/h1-4,7-8H;1H;1H3. The van der Waals surface area contributed by atoms with Crippen molar-refractivity contribution >= 4 is 12.4 Å². The lowest BCUT2D eigenvalue weighted by molar-refractivity contribution is 0.450. The number of halogens is 1. The van der Waals surface area contributed by atoms with E-state index in [2.05, 4.69) is 0 Å². The Morgan fingerprint density at radius 3 is 1.60 bits per heavy atom. The fourth-order valence-corrected chi connectivity index (χ4v) is 0.493. The number of phenols is 2. The second-order valence-electron chi connectivity index (χ2n) is 1.52. The van der Waals surface area contributed by atoms with Crippen molar-refractivity contribution < 1.29 is 10.2 Å². The summed E-state index contributed by atoms with van der Waals surface area (Å²) in [5.74, 6) is 0.176. The van der Waals surface area contributed by atoms with E-state index in [1.165, 1.54) is 18.2 Å². The van der Waals surface area contributed by atoms with Crippen LogP contribution >= 0.6 is 12.4 Å². The molecule has 0 heterocycles. The maximum atomic E-state index is 8.65. The zero-order valence-corrected chi connectivity index (χ0v) is 6.14. The topological polar surface area (TPSA) is 75.5 Å². The number of hydrogen-bond acceptors (Lipinski definition) is 3. The molecule has 0 aliphatic rings. The molecule has 3 nitrogen and oxygen atoms in total. The summed E-state index contributed by atoms with van der Waals surface area (Å²) in [5.41, 5.74) is 0. The van der Waals surface area contributed by atoms with Crippen molar-refractivity contribution in [3.05, 3.63) is 24.3 Å². The van der Waals surface area contributed by atoms with Crippen LogP contribution in [0.2, 0.25) is 0 Å². The molecule has 0 amide bonds. The van der Waals surface area contributed by atoms with E-state index in [9.17, 15) is 0 Å². The predicted molar refractivity (Wildman–Crippen MR) is 42.0 cm³/mol. The molecule has 0 radical (unpaired) electrons. The molecule has 0 fully saturated rings. The molecule has 0 saturated carbocycles. The first-order chi connectivity index (χ1) is 3.79. The Labute approximate surface area is 65.3 Å². The summed E-state index contributed by atoms with van der Waals surface area (Å²) in [4.78, 5) is 0. The summed E-state index contributed by atoms with van der Waals surface area (Å²) < 4.78 is 0. The van der Waals surface area contributed by atoms with Crippen LogP contribution < -0.4 is 6.15 Å². The van der Waals surface area contributed by atoms with Gasteiger partial charge >= 0.3 is 0 Å². The molecule has 1 rings (SSSR count). The van der Waals surface area contributed by atoms with E-state index in [0.29, 0.717) is 0 Å². The molecule has 0 saturated heterocycles. The molecule has 1 aromatic rings. The normalized spacial score (nSPS) is 7.20. The summed E-state index contributed by atoms with van der Waals surface area (Å²) in [7, 11) is 0. The third kappa shape index (κ3) is 3.17. The SMILES string of the molecule is Cl.N.Oc1cccc(O)c1. The fourth-order valence-electron chi connectivity index (χ4n) is 0.493. The molecule has 0 spiro atoms. The maximum absolute atomic E-state index is 8.65. The number of benzene rings is 1. The Bertz CT molecular complexity index is 176. The van der Waals surface area contributed by atoms with Crippen molar-refractivity contribution in [1.82, 2.24) is 6.15 Å². The van der Waals surface area contributed by atoms with Gasteiger partial charge in [0.2, 0.25) is 0 Å². The summed E-state index contributed by atoms with van der Waals surface area (Å²) in [5, 5.41) is 17.3. The first-order valence-electron chi connectivity index (χ1n) is 2.27. The van der Waals surface area contributed by atoms with Crippen molar-refractivity contribution in [1.29, 1.82) is 0 Å². The molecular weight excluding hydrogens is 154 g/mol. The molecule has 5 N–H and O–H groups in total. The molecular formula is C6H10ClNO2. The third-order valence-electron chi connectivity index (χ3n) is 0.830. The van der Waals surface area contributed by atoms with Crippen LogP contribution in [0.15, 0.2) is 24.3 Å². The Hall–Kier alpha value is -0.930. The van der Waals surface area contributed by atoms with Crippen molar-refractivity contribution in [2.24, 2.45) is 0 Å². The largest absolute Gasteiger partial charge is 0.508 e. The first kappa shape index (κ1) is 11.8. The summed E-state index contributed by atoms with van der Waals surface area (Å²) in [6.45, 7) is 0. The van der Waals surface area contributed by atoms with Gasteiger partial charge in [-0.05, 0) is 12.1 Å². The number of rotatable bonds is 0. The van der Waals surface area contributed by atoms with Gasteiger partial charge in [-0.15, -0.1) is 12.4 Å². The average Bonchev–Trinajstić information content (AvgIpc) is 1.64. The van der Waals surface area contributed by atoms with Gasteiger partial charge in [0.05, 0.1) is 0 Å². The van der Waals surface area contributed by atoms with Gasteiger partial charge in [0.25, 0.3) is 0 Å². The van der Waals surface area contributed by atoms with E-state index < -0.39 is 0 Å². The molecule has 0 aliphatic heterocycles. The van der Waals surface area contributed by atoms with Crippen LogP contribution in [0.3, 0.4) is 0 Å². The monoisotopic (exact) mass is 163 g/mol. The van der Waals surface area contributed by atoms with Crippen molar-refractivity contribution in [3.8, 4) is 11.5 Å². The van der Waals surface area contributed by atoms with Gasteiger partial charge in [-0.25, -0.2) is 0 Å². The van der Waals surface area contributed by atoms with Crippen LogP contribution in [-0.2, 0) is 0 Å². The maximum Gasteiger partial charge on any atom is 0.119 e. The molecule has 10 heavy (non-hydrogen) atoms. The Kier molecular flexibility index (Phi) is 5.79. The minimum Gasteiger partial charge on any atom is -0.508 e. The summed E-state index contributed by atoms with van der Waals surface area (Å²) in [6, 6.07) is 5.85. The van der Waals surface area contributed by atoms with Crippen LogP contribution in [0.5, 0.6) is 11.5 Å². The Morgan fingerprint density at radius 1 is 1.00 bits per heavy atom. The molecule has 58 valence electrons. The molecule has 0 unspecified atom stereocenters. The minimum atomic E-state index is 0. The highest BCUT2D eigenvalue weighted by Crippen LogP contribution is 2.14. The average molecular weight is 164 g/mol. The molecule has 4 heteroatoms. The van der Waals surface area contributed by atoms with Crippen molar-refractivity contribution in [2.75, 3.05) is 0 Å². The zero-order chi connectivity index (χ0) is 5.98. The van der Waals surface area contributed by atoms with E-state index in [1.807, 2.05) is 0 Å². The van der Waals surface area contributed by atoms with Crippen molar-refractivity contribution in [2.45, 2.75) is 0 Å². The molecule has 1 aromatic carbocycles. The molecule has 0 aliphatic carbocycles. The van der Waals surface area contributed by atoms with Crippen LogP contribution in [0, 0.1) is 0 Å². The Balaban J connectivity index is 0. The second-order valence-corrected chi connectivity index (χ2v) is 1.52. The smallest absolute Gasteiger partial charge is 0.119 e. The Morgan fingerprint density at radius 2 is 1.40 bits per heavy atom. The second kappa shape index (κ2) is 4.90. The first-order valence-corrected chi connectivity index (χ1v) is 2.27. The van der Waals surface area contributed by atoms with Crippen LogP contribution in [0.4, 0.5) is 0 Å². The van der Waals surface area contributed by atoms with Gasteiger partial charge in [-0.1, -0.05) is 6.07 Å². The van der Waals surface area contributed by atoms with E-state index in [4.69, 9.17) is 10.2 Å². The minimum absolute atomic E-state index is 0. The van der Waals surface area contributed by atoms with Gasteiger partial charge in [0.15, 0.2) is 0 Å². The third-order valence-corrected chi connectivity index (χ3v) is 0.830. The zero-order valence-electron chi connectivity index (χ0n) is 5.32. The highest BCUT2D eigenvalue weighted by molar-refractivity contribution is 5.85. The lowest BCUT2D eigenvalue weighted by Crippen LogP contribution is -1.61. The van der Waals surface area contributed by atoms with Crippen LogP contribution in [0.25, 0.3) is 0 Å². The quantitative estimate of drug-likeness (QED) is 0.545. The van der Waals surface area contributed by atoms with Gasteiger partial charge < -0.3 is 16.4 Å². The van der Waals surface area contributed by atoms with E-state index >= 15 is 0 Å². The van der Waals surface area contributed by atoms with Gasteiger partial charge in [-0.2, -0.15) is 0 Å². The fraction of sp³-hybridized carbons (Fsp3) is 0. The summed E-state index contributed by atoms with van der Waals surface area (Å²) in [6.07, 6.45) is 0. The molecule has 0 atom stereocenters.